The lowest BCUT2D eigenvalue weighted by Crippen LogP contribution is -2.45. The van der Waals surface area contributed by atoms with Gasteiger partial charge in [-0.05, 0) is 42.7 Å². The van der Waals surface area contributed by atoms with Crippen molar-refractivity contribution < 1.29 is 14.3 Å². The van der Waals surface area contributed by atoms with Crippen molar-refractivity contribution >= 4 is 23.5 Å². The molecule has 1 atom stereocenters. The van der Waals surface area contributed by atoms with Crippen molar-refractivity contribution in [3.63, 3.8) is 0 Å². The third kappa shape index (κ3) is 3.95. The largest absolute Gasteiger partial charge is 0.378 e. The number of ketones is 1. The molecule has 2 heterocycles. The number of hydrogen-bond acceptors (Lipinski definition) is 5. The maximum absolute atomic E-state index is 13.6. The van der Waals surface area contributed by atoms with E-state index < -0.39 is 0 Å². The molecule has 4 rings (SSSR count). The Kier molecular flexibility index (Phi) is 5.82. The van der Waals surface area contributed by atoms with Crippen LogP contribution in [-0.4, -0.2) is 49.1 Å². The first-order valence-electron chi connectivity index (χ1n) is 10.6. The minimum Gasteiger partial charge on any atom is -0.378 e. The predicted octanol–water partition coefficient (Wildman–Crippen LogP) is 3.87. The molecule has 2 aliphatic heterocycles. The van der Waals surface area contributed by atoms with Crippen LogP contribution in [0.4, 0.5) is 0 Å². The number of carbonyl (C=O) groups is 2. The Hall–Kier alpha value is -2.05. The zero-order valence-corrected chi connectivity index (χ0v) is 19.0. The van der Waals surface area contributed by atoms with Gasteiger partial charge in [-0.15, -0.1) is 11.8 Å². The molecule has 0 aromatic heterocycles. The summed E-state index contributed by atoms with van der Waals surface area (Å²) in [4.78, 5) is 30.0. The highest BCUT2D eigenvalue weighted by Gasteiger charge is 2.43. The van der Waals surface area contributed by atoms with E-state index in [9.17, 15) is 9.59 Å². The summed E-state index contributed by atoms with van der Waals surface area (Å²) >= 11 is 1.69. The number of benzene rings is 1. The van der Waals surface area contributed by atoms with Crippen LogP contribution in [0.2, 0.25) is 0 Å². The number of amides is 1. The molecule has 1 aromatic carbocycles. The summed E-state index contributed by atoms with van der Waals surface area (Å²) in [6.07, 6.45) is 3.36. The van der Waals surface area contributed by atoms with Crippen LogP contribution >= 0.6 is 11.8 Å². The average Bonchev–Trinajstić information content (AvgIpc) is 2.72. The number of Topliss-reactive ketones (excluding diaryl/α,β-unsaturated/α-hetero) is 1. The highest BCUT2D eigenvalue weighted by molar-refractivity contribution is 7.98. The Bertz CT molecular complexity index is 924. The normalized spacial score (nSPS) is 23.9. The number of thioether (sulfide) groups is 1. The van der Waals surface area contributed by atoms with Crippen LogP contribution in [0.1, 0.15) is 45.1 Å². The number of morpholine rings is 1. The average molecular weight is 427 g/mol. The molecular formula is C24H30N2O3S. The van der Waals surface area contributed by atoms with E-state index >= 15 is 0 Å². The first-order valence-corrected chi connectivity index (χ1v) is 11.8. The molecule has 160 valence electrons. The molecule has 0 radical (unpaired) electrons. The lowest BCUT2D eigenvalue weighted by atomic mass is 9.68. The summed E-state index contributed by atoms with van der Waals surface area (Å²) in [5, 5.41) is 3.45. The second-order valence-electron chi connectivity index (χ2n) is 9.11. The molecule has 1 amide bonds. The fourth-order valence-corrected chi connectivity index (χ4v) is 5.19. The van der Waals surface area contributed by atoms with E-state index in [0.29, 0.717) is 38.3 Å². The van der Waals surface area contributed by atoms with Crippen molar-refractivity contribution in [3.05, 3.63) is 52.4 Å². The zero-order chi connectivity index (χ0) is 21.5. The van der Waals surface area contributed by atoms with E-state index in [1.54, 1.807) is 11.8 Å². The predicted molar refractivity (Wildman–Crippen MR) is 119 cm³/mol. The van der Waals surface area contributed by atoms with Gasteiger partial charge in [-0.2, -0.15) is 0 Å². The van der Waals surface area contributed by atoms with Gasteiger partial charge in [-0.3, -0.25) is 9.59 Å². The van der Waals surface area contributed by atoms with Crippen molar-refractivity contribution in [1.82, 2.24) is 10.2 Å². The van der Waals surface area contributed by atoms with Gasteiger partial charge in [0.15, 0.2) is 5.78 Å². The van der Waals surface area contributed by atoms with Crippen LogP contribution in [0.5, 0.6) is 0 Å². The molecule has 0 bridgehead atoms. The van der Waals surface area contributed by atoms with E-state index in [4.69, 9.17) is 4.74 Å². The van der Waals surface area contributed by atoms with Gasteiger partial charge in [-0.1, -0.05) is 26.0 Å². The molecule has 0 unspecified atom stereocenters. The van der Waals surface area contributed by atoms with Crippen LogP contribution in [0.3, 0.4) is 0 Å². The quantitative estimate of drug-likeness (QED) is 0.744. The van der Waals surface area contributed by atoms with Gasteiger partial charge in [0.05, 0.1) is 13.2 Å². The highest BCUT2D eigenvalue weighted by atomic mass is 32.2. The summed E-state index contributed by atoms with van der Waals surface area (Å²) in [5.41, 5.74) is 4.23. The van der Waals surface area contributed by atoms with Gasteiger partial charge < -0.3 is 15.0 Å². The zero-order valence-electron chi connectivity index (χ0n) is 18.2. The Labute approximate surface area is 182 Å². The summed E-state index contributed by atoms with van der Waals surface area (Å²) < 4.78 is 5.44. The van der Waals surface area contributed by atoms with Crippen LogP contribution < -0.4 is 5.32 Å². The van der Waals surface area contributed by atoms with Gasteiger partial charge >= 0.3 is 0 Å². The van der Waals surface area contributed by atoms with Gasteiger partial charge in [0, 0.05) is 52.9 Å². The number of allylic oxidation sites excluding steroid dienone is 3. The second-order valence-corrected chi connectivity index (χ2v) is 9.99. The maximum Gasteiger partial charge on any atom is 0.252 e. The molecule has 1 aromatic rings. The summed E-state index contributed by atoms with van der Waals surface area (Å²) in [7, 11) is 0. The molecule has 0 saturated carbocycles. The Morgan fingerprint density at radius 1 is 1.17 bits per heavy atom. The summed E-state index contributed by atoms with van der Waals surface area (Å²) in [6.45, 7) is 8.51. The topological polar surface area (TPSA) is 58.6 Å². The maximum atomic E-state index is 13.6. The first-order chi connectivity index (χ1) is 14.3. The molecule has 1 N–H and O–H groups in total. The first kappa shape index (κ1) is 21.2. The molecule has 1 aliphatic carbocycles. The van der Waals surface area contributed by atoms with Gasteiger partial charge in [0.2, 0.25) is 0 Å². The molecular weight excluding hydrogens is 396 g/mol. The van der Waals surface area contributed by atoms with E-state index in [2.05, 4.69) is 43.4 Å². The van der Waals surface area contributed by atoms with Gasteiger partial charge in [-0.25, -0.2) is 0 Å². The van der Waals surface area contributed by atoms with Crippen molar-refractivity contribution in [1.29, 1.82) is 0 Å². The molecule has 1 fully saturated rings. The molecule has 6 heteroatoms. The summed E-state index contributed by atoms with van der Waals surface area (Å²) in [5.74, 6) is -0.171. The van der Waals surface area contributed by atoms with Crippen LogP contribution in [-0.2, 0) is 14.3 Å². The van der Waals surface area contributed by atoms with Crippen LogP contribution in [0.15, 0.2) is 51.7 Å². The number of ether oxygens (including phenoxy) is 1. The fraction of sp³-hybridized carbons (Fsp3) is 0.500. The Morgan fingerprint density at radius 2 is 1.83 bits per heavy atom. The number of nitrogens with one attached hydrogen (secondary N) is 1. The van der Waals surface area contributed by atoms with Gasteiger partial charge in [0.1, 0.15) is 0 Å². The number of nitrogens with zero attached hydrogens (tertiary/aromatic N) is 1. The van der Waals surface area contributed by atoms with Crippen LogP contribution in [0, 0.1) is 5.41 Å². The van der Waals surface area contributed by atoms with E-state index in [0.717, 1.165) is 29.0 Å². The second kappa shape index (κ2) is 8.23. The highest BCUT2D eigenvalue weighted by Crippen LogP contribution is 2.47. The lowest BCUT2D eigenvalue weighted by molar-refractivity contribution is -0.131. The molecule has 3 aliphatic rings. The number of hydrogen-bond donors (Lipinski definition) is 1. The van der Waals surface area contributed by atoms with Gasteiger partial charge in [0.25, 0.3) is 5.91 Å². The molecule has 0 spiro atoms. The SMILES string of the molecule is CSc1ccc([C@H]2C(C(=O)N3CCOCC3)=C(C)NC3=C2C(=O)CC(C)(C)C3)cc1. The minimum absolute atomic E-state index is 0.00595. The molecule has 1 saturated heterocycles. The Balaban J connectivity index is 1.81. The monoisotopic (exact) mass is 426 g/mol. The Morgan fingerprint density at radius 3 is 2.47 bits per heavy atom. The van der Waals surface area contributed by atoms with E-state index in [1.807, 2.05) is 18.1 Å². The summed E-state index contributed by atoms with van der Waals surface area (Å²) in [6, 6.07) is 8.29. The fourth-order valence-electron chi connectivity index (χ4n) is 4.79. The van der Waals surface area contributed by atoms with E-state index in [1.165, 1.54) is 4.90 Å². The third-order valence-electron chi connectivity index (χ3n) is 6.22. The molecule has 30 heavy (non-hydrogen) atoms. The van der Waals surface area contributed by atoms with Crippen LogP contribution in [0.25, 0.3) is 0 Å². The number of dihydropyridines is 1. The lowest BCUT2D eigenvalue weighted by Gasteiger charge is -2.41. The standard InChI is InChI=1S/C24H30N2O3S/c1-15-20(23(28)26-9-11-29-12-10-26)21(16-5-7-17(30-4)8-6-16)22-18(25-15)13-24(2,3)14-19(22)27/h5-8,21,25H,9-14H2,1-4H3/t21-/m0/s1. The third-order valence-corrected chi connectivity index (χ3v) is 6.96. The number of rotatable bonds is 3. The van der Waals surface area contributed by atoms with Crippen molar-refractivity contribution in [2.75, 3.05) is 32.6 Å². The van der Waals surface area contributed by atoms with Crippen molar-refractivity contribution in [2.45, 2.75) is 44.4 Å². The van der Waals surface area contributed by atoms with Crippen molar-refractivity contribution in [3.8, 4) is 0 Å². The smallest absolute Gasteiger partial charge is 0.252 e. The van der Waals surface area contributed by atoms with Crippen molar-refractivity contribution in [2.24, 2.45) is 5.41 Å². The minimum atomic E-state index is -0.323. The molecule has 5 nitrogen and oxygen atoms in total. The number of carbonyl (C=O) groups excluding carboxylic acids is 2. The van der Waals surface area contributed by atoms with E-state index in [-0.39, 0.29) is 23.0 Å².